The molecule has 0 aliphatic heterocycles. The van der Waals surface area contributed by atoms with Gasteiger partial charge in [-0.05, 0) is 38.5 Å². The molecule has 0 spiro atoms. The van der Waals surface area contributed by atoms with Crippen molar-refractivity contribution in [3.05, 3.63) is 23.8 Å². The molecule has 0 bridgehead atoms. The predicted molar refractivity (Wildman–Crippen MR) is 96.0 cm³/mol. The third kappa shape index (κ3) is 8.67. The summed E-state index contributed by atoms with van der Waals surface area (Å²) in [5.41, 5.74) is 0.678. The fraction of sp³-hybridized carbons (Fsp3) is 0.556. The van der Waals surface area contributed by atoms with E-state index in [1.807, 2.05) is 20.8 Å². The van der Waals surface area contributed by atoms with Crippen LogP contribution in [0.4, 0.5) is 8.78 Å². The van der Waals surface area contributed by atoms with Crippen molar-refractivity contribution in [2.45, 2.75) is 40.0 Å². The Kier molecular flexibility index (Phi) is 9.49. The average Bonchev–Trinajstić information content (AvgIpc) is 2.59. The van der Waals surface area contributed by atoms with Crippen molar-refractivity contribution in [3.63, 3.8) is 0 Å². The first-order valence-corrected chi connectivity index (χ1v) is 8.76. The van der Waals surface area contributed by atoms with Crippen LogP contribution in [0.5, 0.6) is 11.5 Å². The molecule has 0 heterocycles. The zero-order valence-electron chi connectivity index (χ0n) is 16.1. The van der Waals surface area contributed by atoms with E-state index in [-0.39, 0.29) is 49.0 Å². The molecule has 2 amide bonds. The molecule has 1 aromatic rings. The zero-order valence-corrected chi connectivity index (χ0v) is 16.1. The molecule has 1 atom stereocenters. The second-order valence-electron chi connectivity index (χ2n) is 6.32. The van der Waals surface area contributed by atoms with Crippen LogP contribution in [0.3, 0.4) is 0 Å². The summed E-state index contributed by atoms with van der Waals surface area (Å²) in [7, 11) is 1.35. The summed E-state index contributed by atoms with van der Waals surface area (Å²) < 4.78 is 34.1. The molecule has 27 heavy (non-hydrogen) atoms. The van der Waals surface area contributed by atoms with Crippen LogP contribution in [0.1, 0.15) is 26.3 Å². The van der Waals surface area contributed by atoms with Crippen LogP contribution in [0.25, 0.3) is 0 Å². The quantitative estimate of drug-likeness (QED) is 0.511. The molecule has 3 N–H and O–H groups in total. The molecule has 1 unspecified atom stereocenters. The second kappa shape index (κ2) is 11.3. The number of carbonyl (C=O) groups is 2. The summed E-state index contributed by atoms with van der Waals surface area (Å²) in [6, 6.07) is 4.52. The molecule has 1 aromatic carbocycles. The number of ether oxygens (including phenoxy) is 2. The normalized spacial score (nSPS) is 12.0. The molecule has 7 nitrogen and oxygen atoms in total. The summed E-state index contributed by atoms with van der Waals surface area (Å²) in [5, 5.41) is 5.55. The van der Waals surface area contributed by atoms with Crippen molar-refractivity contribution in [3.8, 4) is 11.5 Å². The van der Waals surface area contributed by atoms with Gasteiger partial charge in [-0.2, -0.15) is 8.78 Å². The van der Waals surface area contributed by atoms with Gasteiger partial charge in [-0.1, -0.05) is 6.07 Å². The van der Waals surface area contributed by atoms with Gasteiger partial charge in [0.05, 0.1) is 13.7 Å². The average molecular weight is 388 g/mol. The van der Waals surface area contributed by atoms with Crippen LogP contribution in [0, 0.1) is 0 Å². The van der Waals surface area contributed by atoms with Gasteiger partial charge in [0.1, 0.15) is 0 Å². The Morgan fingerprint density at radius 1 is 1.15 bits per heavy atom. The molecule has 0 radical (unpaired) electrons. The number of amides is 2. The number of carbonyl (C=O) groups excluding carboxylic acids is 2. The number of halogens is 2. The Balaban J connectivity index is 2.56. The molecule has 0 aliphatic rings. The van der Waals surface area contributed by atoms with E-state index in [1.54, 1.807) is 6.07 Å². The molecule has 0 saturated heterocycles. The van der Waals surface area contributed by atoms with E-state index >= 15 is 0 Å². The fourth-order valence-corrected chi connectivity index (χ4v) is 2.42. The van der Waals surface area contributed by atoms with Gasteiger partial charge in [0, 0.05) is 12.6 Å². The maximum atomic E-state index is 12.3. The standard InChI is InChI=1S/C18H27F2N3O4/c1-5-23(11-17(25)22-12(2)3)10-16(24)21-9-13-6-7-14(27-18(19)20)15(8-13)26-4/h6-8,12,18H,5,9-11H2,1-4H3,(H,21,24)(H,22,25)/p+1. The van der Waals surface area contributed by atoms with E-state index < -0.39 is 6.61 Å². The molecule has 1 rings (SSSR count). The lowest BCUT2D eigenvalue weighted by atomic mass is 10.2. The minimum Gasteiger partial charge on any atom is -0.493 e. The Hall–Kier alpha value is -2.42. The summed E-state index contributed by atoms with van der Waals surface area (Å²) >= 11 is 0. The molecule has 0 fully saturated rings. The fourth-order valence-electron chi connectivity index (χ4n) is 2.42. The van der Waals surface area contributed by atoms with Crippen LogP contribution < -0.4 is 25.0 Å². The van der Waals surface area contributed by atoms with E-state index in [0.717, 1.165) is 4.90 Å². The van der Waals surface area contributed by atoms with Gasteiger partial charge >= 0.3 is 6.61 Å². The molecular weight excluding hydrogens is 360 g/mol. The van der Waals surface area contributed by atoms with Gasteiger partial charge in [0.25, 0.3) is 11.8 Å². The molecule has 0 aromatic heterocycles. The number of quaternary nitrogens is 1. The van der Waals surface area contributed by atoms with Gasteiger partial charge in [0.2, 0.25) is 0 Å². The van der Waals surface area contributed by atoms with Crippen molar-refractivity contribution in [2.24, 2.45) is 0 Å². The Labute approximate surface area is 158 Å². The van der Waals surface area contributed by atoms with Crippen LogP contribution in [-0.4, -0.2) is 51.2 Å². The van der Waals surface area contributed by atoms with Crippen LogP contribution in [-0.2, 0) is 16.1 Å². The Bertz CT molecular complexity index is 627. The summed E-state index contributed by atoms with van der Waals surface area (Å²) in [5.74, 6) is -0.223. The maximum Gasteiger partial charge on any atom is 0.387 e. The lowest BCUT2D eigenvalue weighted by Crippen LogP contribution is -3.14. The summed E-state index contributed by atoms with van der Waals surface area (Å²) in [6.45, 7) is 3.93. The summed E-state index contributed by atoms with van der Waals surface area (Å²) in [6.07, 6.45) is 0. The van der Waals surface area contributed by atoms with Gasteiger partial charge < -0.3 is 25.0 Å². The van der Waals surface area contributed by atoms with E-state index in [1.165, 1.54) is 19.2 Å². The molecule has 0 aliphatic carbocycles. The number of nitrogens with one attached hydrogen (secondary N) is 3. The maximum absolute atomic E-state index is 12.3. The number of alkyl halides is 2. The molecule has 152 valence electrons. The van der Waals surface area contributed by atoms with Gasteiger partial charge in [0.15, 0.2) is 24.6 Å². The molecular formula is C18H28F2N3O4+. The highest BCUT2D eigenvalue weighted by atomic mass is 19.3. The van der Waals surface area contributed by atoms with E-state index in [0.29, 0.717) is 12.1 Å². The minimum atomic E-state index is -2.94. The number of methoxy groups -OCH3 is 1. The van der Waals surface area contributed by atoms with Gasteiger partial charge in [-0.25, -0.2) is 0 Å². The van der Waals surface area contributed by atoms with E-state index in [4.69, 9.17) is 4.74 Å². The largest absolute Gasteiger partial charge is 0.493 e. The highest BCUT2D eigenvalue weighted by Gasteiger charge is 2.17. The van der Waals surface area contributed by atoms with E-state index in [2.05, 4.69) is 15.4 Å². The van der Waals surface area contributed by atoms with Crippen LogP contribution >= 0.6 is 0 Å². The first-order chi connectivity index (χ1) is 12.7. The highest BCUT2D eigenvalue weighted by Crippen LogP contribution is 2.29. The van der Waals surface area contributed by atoms with Crippen molar-refractivity contribution < 1.29 is 32.7 Å². The van der Waals surface area contributed by atoms with Crippen molar-refractivity contribution in [1.82, 2.24) is 10.6 Å². The molecule has 0 saturated carbocycles. The minimum absolute atomic E-state index is 0.0523. The van der Waals surface area contributed by atoms with Crippen molar-refractivity contribution in [1.29, 1.82) is 0 Å². The third-order valence-corrected chi connectivity index (χ3v) is 3.70. The first kappa shape index (κ1) is 22.6. The Morgan fingerprint density at radius 2 is 1.81 bits per heavy atom. The Morgan fingerprint density at radius 3 is 2.37 bits per heavy atom. The predicted octanol–water partition coefficient (Wildman–Crippen LogP) is 0.342. The van der Waals surface area contributed by atoms with E-state index in [9.17, 15) is 18.4 Å². The monoisotopic (exact) mass is 388 g/mol. The van der Waals surface area contributed by atoms with Gasteiger partial charge in [-0.15, -0.1) is 0 Å². The van der Waals surface area contributed by atoms with Crippen LogP contribution in [0.15, 0.2) is 18.2 Å². The highest BCUT2D eigenvalue weighted by molar-refractivity contribution is 5.79. The first-order valence-electron chi connectivity index (χ1n) is 8.76. The number of benzene rings is 1. The number of rotatable bonds is 11. The van der Waals surface area contributed by atoms with Crippen LogP contribution in [0.2, 0.25) is 0 Å². The van der Waals surface area contributed by atoms with Crippen molar-refractivity contribution >= 4 is 11.8 Å². The lowest BCUT2D eigenvalue weighted by Gasteiger charge is -2.18. The SMILES string of the molecule is CC[NH+](CC(=O)NCc1ccc(OC(F)F)c(OC)c1)CC(=O)NC(C)C. The lowest BCUT2D eigenvalue weighted by molar-refractivity contribution is -0.881. The van der Waals surface area contributed by atoms with Crippen molar-refractivity contribution in [2.75, 3.05) is 26.7 Å². The number of hydrogen-bond acceptors (Lipinski definition) is 4. The van der Waals surface area contributed by atoms with Gasteiger partial charge in [-0.3, -0.25) is 9.59 Å². The smallest absolute Gasteiger partial charge is 0.387 e. The number of hydrogen-bond donors (Lipinski definition) is 3. The third-order valence-electron chi connectivity index (χ3n) is 3.70. The second-order valence-corrected chi connectivity index (χ2v) is 6.32. The topological polar surface area (TPSA) is 81.1 Å². The number of likely N-dealkylation sites (N-methyl/N-ethyl adjacent to an activating group) is 1. The zero-order chi connectivity index (χ0) is 20.4. The molecule has 9 heteroatoms. The summed E-state index contributed by atoms with van der Waals surface area (Å²) in [4.78, 5) is 24.8.